The Kier molecular flexibility index (Phi) is 4.46. The van der Waals surface area contributed by atoms with Crippen LogP contribution in [-0.4, -0.2) is 33.2 Å². The first-order valence-corrected chi connectivity index (χ1v) is 6.40. The van der Waals surface area contributed by atoms with E-state index in [2.05, 4.69) is 26.2 Å². The number of hydrogen-bond donors (Lipinski definition) is 1. The lowest BCUT2D eigenvalue weighted by Crippen LogP contribution is -2.10. The molecule has 0 aliphatic heterocycles. The van der Waals surface area contributed by atoms with Gasteiger partial charge in [-0.05, 0) is 33.6 Å². The van der Waals surface area contributed by atoms with Crippen LogP contribution in [0.1, 0.15) is 21.7 Å². The first-order chi connectivity index (χ1) is 9.52. The van der Waals surface area contributed by atoms with E-state index in [9.17, 15) is 9.18 Å². The van der Waals surface area contributed by atoms with Crippen molar-refractivity contribution in [1.29, 1.82) is 0 Å². The topological polar surface area (TPSA) is 77.2 Å². The maximum atomic E-state index is 13.2. The summed E-state index contributed by atoms with van der Waals surface area (Å²) in [5, 5.41) is 16.4. The molecule has 0 saturated carbocycles. The van der Waals surface area contributed by atoms with E-state index in [4.69, 9.17) is 9.84 Å². The molecule has 0 aliphatic rings. The first kappa shape index (κ1) is 14.6. The second-order valence-corrected chi connectivity index (χ2v) is 4.88. The molecule has 0 saturated heterocycles. The summed E-state index contributed by atoms with van der Waals surface area (Å²) < 4.78 is 19.9. The molecular formula is C12H11BrFN3O3. The molecule has 20 heavy (non-hydrogen) atoms. The minimum atomic E-state index is -1.16. The largest absolute Gasteiger partial charge is 0.476 e. The molecule has 2 aromatic rings. The highest BCUT2D eigenvalue weighted by Crippen LogP contribution is 2.18. The van der Waals surface area contributed by atoms with E-state index in [1.165, 1.54) is 17.9 Å². The van der Waals surface area contributed by atoms with Crippen LogP contribution in [-0.2, 0) is 17.9 Å². The molecule has 1 heterocycles. The summed E-state index contributed by atoms with van der Waals surface area (Å²) in [7, 11) is 1.46. The average molecular weight is 344 g/mol. The van der Waals surface area contributed by atoms with Crippen LogP contribution in [0.15, 0.2) is 22.7 Å². The fourth-order valence-electron chi connectivity index (χ4n) is 1.72. The molecule has 0 amide bonds. The molecule has 6 nitrogen and oxygen atoms in total. The van der Waals surface area contributed by atoms with Crippen LogP contribution in [0.4, 0.5) is 4.39 Å². The lowest BCUT2D eigenvalue weighted by Gasteiger charge is -2.07. The van der Waals surface area contributed by atoms with Gasteiger partial charge in [0.25, 0.3) is 0 Å². The molecule has 106 valence electrons. The Labute approximate surface area is 122 Å². The highest BCUT2D eigenvalue weighted by atomic mass is 79.9. The number of methoxy groups -OCH3 is 1. The minimum absolute atomic E-state index is 0.0804. The van der Waals surface area contributed by atoms with Gasteiger partial charge >= 0.3 is 5.97 Å². The first-order valence-electron chi connectivity index (χ1n) is 5.61. The lowest BCUT2D eigenvalue weighted by molar-refractivity contribution is 0.0684. The summed E-state index contributed by atoms with van der Waals surface area (Å²) in [4.78, 5) is 11.0. The van der Waals surface area contributed by atoms with Crippen molar-refractivity contribution in [2.45, 2.75) is 13.2 Å². The lowest BCUT2D eigenvalue weighted by atomic mass is 10.2. The number of halogens is 2. The molecular weight excluding hydrogens is 333 g/mol. The molecule has 0 aliphatic carbocycles. The highest BCUT2D eigenvalue weighted by Gasteiger charge is 2.19. The monoisotopic (exact) mass is 343 g/mol. The Morgan fingerprint density at radius 1 is 1.55 bits per heavy atom. The molecule has 1 aromatic carbocycles. The van der Waals surface area contributed by atoms with Crippen molar-refractivity contribution in [3.63, 3.8) is 0 Å². The van der Waals surface area contributed by atoms with Crippen molar-refractivity contribution in [2.75, 3.05) is 7.11 Å². The number of rotatable bonds is 5. The standard InChI is InChI=1S/C12H11BrFN3O3/c1-20-6-10-11(12(18)19)15-16-17(10)5-7-2-3-9(14)8(13)4-7/h2-4H,5-6H2,1H3,(H,18,19). The van der Waals surface area contributed by atoms with E-state index < -0.39 is 5.97 Å². The molecule has 0 fully saturated rings. The summed E-state index contributed by atoms with van der Waals surface area (Å²) in [6.07, 6.45) is 0. The van der Waals surface area contributed by atoms with Crippen LogP contribution in [0.5, 0.6) is 0 Å². The second-order valence-electron chi connectivity index (χ2n) is 4.03. The number of nitrogens with zero attached hydrogens (tertiary/aromatic N) is 3. The van der Waals surface area contributed by atoms with E-state index in [-0.39, 0.29) is 24.7 Å². The number of aromatic nitrogens is 3. The quantitative estimate of drug-likeness (QED) is 0.899. The third kappa shape index (κ3) is 3.02. The minimum Gasteiger partial charge on any atom is -0.476 e. The van der Waals surface area contributed by atoms with Crippen LogP contribution < -0.4 is 0 Å². The molecule has 0 spiro atoms. The number of benzene rings is 1. The van der Waals surface area contributed by atoms with Crippen LogP contribution in [0.3, 0.4) is 0 Å². The predicted molar refractivity (Wildman–Crippen MR) is 70.9 cm³/mol. The molecule has 0 atom stereocenters. The van der Waals surface area contributed by atoms with Gasteiger partial charge in [0.15, 0.2) is 5.69 Å². The maximum absolute atomic E-state index is 13.2. The van der Waals surface area contributed by atoms with Crippen molar-refractivity contribution in [3.05, 3.63) is 45.4 Å². The molecule has 0 bridgehead atoms. The van der Waals surface area contributed by atoms with E-state index >= 15 is 0 Å². The Bertz CT molecular complexity index is 645. The predicted octanol–water partition coefficient (Wildman–Crippen LogP) is 2.07. The molecule has 2 rings (SSSR count). The molecule has 0 radical (unpaired) electrons. The van der Waals surface area contributed by atoms with Crippen LogP contribution in [0.25, 0.3) is 0 Å². The Morgan fingerprint density at radius 3 is 2.90 bits per heavy atom. The van der Waals surface area contributed by atoms with Crippen molar-refractivity contribution in [3.8, 4) is 0 Å². The van der Waals surface area contributed by atoms with Gasteiger partial charge in [-0.15, -0.1) is 5.10 Å². The number of carbonyl (C=O) groups is 1. The summed E-state index contributed by atoms with van der Waals surface area (Å²) in [6, 6.07) is 4.53. The summed E-state index contributed by atoms with van der Waals surface area (Å²) >= 11 is 3.10. The zero-order chi connectivity index (χ0) is 14.7. The Morgan fingerprint density at radius 2 is 2.30 bits per heavy atom. The Balaban J connectivity index is 2.32. The summed E-state index contributed by atoms with van der Waals surface area (Å²) in [5.74, 6) is -1.53. The van der Waals surface area contributed by atoms with Crippen LogP contribution in [0.2, 0.25) is 0 Å². The van der Waals surface area contributed by atoms with Crippen molar-refractivity contribution in [1.82, 2.24) is 15.0 Å². The van der Waals surface area contributed by atoms with Gasteiger partial charge in [0.05, 0.1) is 23.3 Å². The normalized spacial score (nSPS) is 10.8. The van der Waals surface area contributed by atoms with Crippen LogP contribution in [0, 0.1) is 5.82 Å². The number of ether oxygens (including phenoxy) is 1. The van der Waals surface area contributed by atoms with Gasteiger partial charge in [-0.25, -0.2) is 13.9 Å². The molecule has 1 aromatic heterocycles. The average Bonchev–Trinajstić information content (AvgIpc) is 2.78. The van der Waals surface area contributed by atoms with E-state index in [1.54, 1.807) is 12.1 Å². The van der Waals surface area contributed by atoms with Gasteiger partial charge in [0, 0.05) is 7.11 Å². The fourth-order valence-corrected chi connectivity index (χ4v) is 2.14. The van der Waals surface area contributed by atoms with Crippen molar-refractivity contribution < 1.29 is 19.0 Å². The molecule has 8 heteroatoms. The molecule has 0 unspecified atom stereocenters. The van der Waals surface area contributed by atoms with Gasteiger partial charge in [0.1, 0.15) is 5.82 Å². The van der Waals surface area contributed by atoms with E-state index in [0.29, 0.717) is 10.2 Å². The number of hydrogen-bond acceptors (Lipinski definition) is 4. The Hall–Kier alpha value is -1.80. The number of aromatic carboxylic acids is 1. The summed E-state index contributed by atoms with van der Waals surface area (Å²) in [5.41, 5.74) is 0.978. The zero-order valence-corrected chi connectivity index (χ0v) is 12.1. The molecule has 1 N–H and O–H groups in total. The van der Waals surface area contributed by atoms with Gasteiger partial charge in [-0.3, -0.25) is 0 Å². The van der Waals surface area contributed by atoms with Gasteiger partial charge in [-0.1, -0.05) is 11.3 Å². The highest BCUT2D eigenvalue weighted by molar-refractivity contribution is 9.10. The third-order valence-corrected chi connectivity index (χ3v) is 3.25. The zero-order valence-electron chi connectivity index (χ0n) is 10.5. The maximum Gasteiger partial charge on any atom is 0.358 e. The summed E-state index contributed by atoms with van der Waals surface area (Å²) in [6.45, 7) is 0.356. The fraction of sp³-hybridized carbons (Fsp3) is 0.250. The van der Waals surface area contributed by atoms with Gasteiger partial charge in [0.2, 0.25) is 0 Å². The smallest absolute Gasteiger partial charge is 0.358 e. The van der Waals surface area contributed by atoms with Gasteiger partial charge in [-0.2, -0.15) is 0 Å². The van der Waals surface area contributed by atoms with E-state index in [1.807, 2.05) is 0 Å². The van der Waals surface area contributed by atoms with Crippen molar-refractivity contribution in [2.24, 2.45) is 0 Å². The number of carboxylic acid groups (broad SMARTS) is 1. The van der Waals surface area contributed by atoms with Crippen molar-refractivity contribution >= 4 is 21.9 Å². The third-order valence-electron chi connectivity index (χ3n) is 2.64. The van der Waals surface area contributed by atoms with Crippen LogP contribution >= 0.6 is 15.9 Å². The SMILES string of the molecule is COCc1c(C(=O)O)nnn1Cc1ccc(F)c(Br)c1. The van der Waals surface area contributed by atoms with Gasteiger partial charge < -0.3 is 9.84 Å². The van der Waals surface area contributed by atoms with E-state index in [0.717, 1.165) is 5.56 Å². The second kappa shape index (κ2) is 6.10. The number of carboxylic acids is 1.